The molecule has 0 amide bonds. The molecule has 2 aromatic carbocycles. The van der Waals surface area contributed by atoms with Gasteiger partial charge in [0.2, 0.25) is 0 Å². The summed E-state index contributed by atoms with van der Waals surface area (Å²) in [5.41, 5.74) is 0.930. The van der Waals surface area contributed by atoms with Crippen LogP contribution in [0.2, 0.25) is 0 Å². The molecule has 0 N–H and O–H groups in total. The number of aryl methyl sites for hydroxylation is 1. The fourth-order valence-corrected chi connectivity index (χ4v) is 3.30. The third-order valence-electron chi connectivity index (χ3n) is 3.54. The first-order chi connectivity index (χ1) is 11.9. The van der Waals surface area contributed by atoms with E-state index >= 15 is 0 Å². The van der Waals surface area contributed by atoms with E-state index in [2.05, 4.69) is 0 Å². The van der Waals surface area contributed by atoms with Gasteiger partial charge in [-0.25, -0.2) is 0 Å². The molecule has 0 radical (unpaired) electrons. The van der Waals surface area contributed by atoms with Crippen molar-refractivity contribution in [2.24, 2.45) is 0 Å². The van der Waals surface area contributed by atoms with Crippen molar-refractivity contribution < 1.29 is 26.9 Å². The lowest BCUT2D eigenvalue weighted by molar-refractivity contribution is -0.116. The van der Waals surface area contributed by atoms with Gasteiger partial charge in [-0.15, -0.1) is 0 Å². The quantitative estimate of drug-likeness (QED) is 0.670. The van der Waals surface area contributed by atoms with Crippen molar-refractivity contribution in [3.05, 3.63) is 48.0 Å². The van der Waals surface area contributed by atoms with Crippen LogP contribution in [0.15, 0.2) is 47.4 Å². The smallest absolute Gasteiger partial charge is 0.343 e. The third kappa shape index (κ3) is 4.96. The Hall–Kier alpha value is -2.54. The molecular formula is C18H20O6S. The van der Waals surface area contributed by atoms with Gasteiger partial charge >= 0.3 is 10.1 Å². The van der Waals surface area contributed by atoms with E-state index in [1.165, 1.54) is 33.3 Å². The summed E-state index contributed by atoms with van der Waals surface area (Å²) in [5, 5.41) is 0. The average Bonchev–Trinajstić information content (AvgIpc) is 2.60. The highest BCUT2D eigenvalue weighted by Gasteiger charge is 2.23. The Bertz CT molecular complexity index is 840. The number of carbonyl (C=O) groups excluding carboxylic acids is 1. The monoisotopic (exact) mass is 364 g/mol. The molecule has 0 aromatic heterocycles. The molecule has 0 aliphatic rings. The number of hydrogen-bond donors (Lipinski definition) is 0. The first-order valence-electron chi connectivity index (χ1n) is 7.60. The summed E-state index contributed by atoms with van der Waals surface area (Å²) in [6.07, 6.45) is 1.05. The van der Waals surface area contributed by atoms with E-state index in [9.17, 15) is 13.2 Å². The zero-order valence-corrected chi connectivity index (χ0v) is 15.1. The molecule has 0 saturated heterocycles. The van der Waals surface area contributed by atoms with Crippen LogP contribution in [0.3, 0.4) is 0 Å². The van der Waals surface area contributed by atoms with Gasteiger partial charge < -0.3 is 18.5 Å². The van der Waals surface area contributed by atoms with Crippen molar-refractivity contribution in [3.63, 3.8) is 0 Å². The Balaban J connectivity index is 2.22. The van der Waals surface area contributed by atoms with Gasteiger partial charge in [-0.2, -0.15) is 8.42 Å². The van der Waals surface area contributed by atoms with Crippen molar-refractivity contribution in [1.29, 1.82) is 0 Å². The van der Waals surface area contributed by atoms with Crippen LogP contribution in [0.4, 0.5) is 0 Å². The van der Waals surface area contributed by atoms with Crippen LogP contribution < -0.4 is 13.7 Å². The van der Waals surface area contributed by atoms with Crippen molar-refractivity contribution >= 4 is 15.9 Å². The molecule has 2 aromatic rings. The zero-order chi connectivity index (χ0) is 18.4. The number of carbonyl (C=O) groups is 1. The van der Waals surface area contributed by atoms with Crippen LogP contribution >= 0.6 is 0 Å². The molecule has 134 valence electrons. The molecule has 0 aliphatic heterocycles. The molecule has 2 rings (SSSR count). The van der Waals surface area contributed by atoms with E-state index in [0.29, 0.717) is 18.6 Å². The summed E-state index contributed by atoms with van der Waals surface area (Å²) in [6, 6.07) is 11.0. The van der Waals surface area contributed by atoms with E-state index in [4.69, 9.17) is 13.7 Å². The molecular weight excluding hydrogens is 344 g/mol. The molecule has 0 aliphatic carbocycles. The van der Waals surface area contributed by atoms with Gasteiger partial charge in [0, 0.05) is 12.5 Å². The fraction of sp³-hybridized carbons (Fsp3) is 0.278. The second-order valence-corrected chi connectivity index (χ2v) is 6.91. The largest absolute Gasteiger partial charge is 0.497 e. The number of rotatable bonds is 8. The van der Waals surface area contributed by atoms with Gasteiger partial charge in [0.1, 0.15) is 23.0 Å². The zero-order valence-electron chi connectivity index (χ0n) is 14.3. The molecule has 0 saturated carbocycles. The van der Waals surface area contributed by atoms with Gasteiger partial charge in [-0.3, -0.25) is 0 Å². The molecule has 6 nitrogen and oxygen atoms in total. The molecule has 0 heterocycles. The molecule has 0 fully saturated rings. The van der Waals surface area contributed by atoms with Crippen molar-refractivity contribution in [1.82, 2.24) is 0 Å². The van der Waals surface area contributed by atoms with Gasteiger partial charge in [-0.05, 0) is 43.2 Å². The molecule has 0 atom stereocenters. The number of Topliss-reactive ketones (excluding diaryl/α,β-unsaturated/α-hetero) is 1. The molecule has 7 heteroatoms. The number of methoxy groups -OCH3 is 2. The minimum absolute atomic E-state index is 0.105. The lowest BCUT2D eigenvalue weighted by Crippen LogP contribution is -2.11. The Labute approximate surface area is 147 Å². The van der Waals surface area contributed by atoms with Crippen molar-refractivity contribution in [2.75, 3.05) is 14.2 Å². The van der Waals surface area contributed by atoms with Crippen LogP contribution in [0.1, 0.15) is 18.9 Å². The second-order valence-electron chi connectivity index (χ2n) is 5.40. The van der Waals surface area contributed by atoms with E-state index < -0.39 is 10.1 Å². The van der Waals surface area contributed by atoms with E-state index in [1.807, 2.05) is 0 Å². The molecule has 25 heavy (non-hydrogen) atoms. The number of ether oxygens (including phenoxy) is 2. The number of benzene rings is 2. The highest BCUT2D eigenvalue weighted by Crippen LogP contribution is 2.30. The summed E-state index contributed by atoms with van der Waals surface area (Å²) >= 11 is 0. The first kappa shape index (κ1) is 18.8. The summed E-state index contributed by atoms with van der Waals surface area (Å²) < 4.78 is 40.4. The summed E-state index contributed by atoms with van der Waals surface area (Å²) in [4.78, 5) is 10.9. The maximum absolute atomic E-state index is 12.5. The lowest BCUT2D eigenvalue weighted by atomic mass is 10.1. The van der Waals surface area contributed by atoms with Crippen LogP contribution in [-0.2, 0) is 21.3 Å². The SMILES string of the molecule is COc1ccc(OC)c(S(=O)(=O)Oc2ccc(CCC(C)=O)cc2)c1. The van der Waals surface area contributed by atoms with Crippen LogP contribution in [0.5, 0.6) is 17.2 Å². The van der Waals surface area contributed by atoms with Gasteiger partial charge in [0.25, 0.3) is 0 Å². The van der Waals surface area contributed by atoms with Gasteiger partial charge in [-0.1, -0.05) is 12.1 Å². The fourth-order valence-electron chi connectivity index (χ4n) is 2.18. The van der Waals surface area contributed by atoms with Crippen molar-refractivity contribution in [2.45, 2.75) is 24.7 Å². The Morgan fingerprint density at radius 2 is 1.60 bits per heavy atom. The predicted octanol–water partition coefficient (Wildman–Crippen LogP) is 2.99. The Morgan fingerprint density at radius 3 is 2.16 bits per heavy atom. The lowest BCUT2D eigenvalue weighted by Gasteiger charge is -2.12. The Morgan fingerprint density at radius 1 is 0.960 bits per heavy atom. The van der Waals surface area contributed by atoms with E-state index in [1.54, 1.807) is 30.3 Å². The predicted molar refractivity (Wildman–Crippen MR) is 92.8 cm³/mol. The number of hydrogen-bond acceptors (Lipinski definition) is 6. The highest BCUT2D eigenvalue weighted by molar-refractivity contribution is 7.87. The summed E-state index contributed by atoms with van der Waals surface area (Å²) in [7, 11) is -1.26. The van der Waals surface area contributed by atoms with E-state index in [0.717, 1.165) is 5.56 Å². The molecule has 0 bridgehead atoms. The second kappa shape index (κ2) is 8.02. The minimum atomic E-state index is -4.09. The molecule has 0 unspecified atom stereocenters. The highest BCUT2D eigenvalue weighted by atomic mass is 32.2. The summed E-state index contributed by atoms with van der Waals surface area (Å²) in [6.45, 7) is 1.53. The molecule has 0 spiro atoms. The van der Waals surface area contributed by atoms with Crippen LogP contribution in [0, 0.1) is 0 Å². The maximum Gasteiger partial charge on any atom is 0.343 e. The first-order valence-corrected chi connectivity index (χ1v) is 9.01. The van der Waals surface area contributed by atoms with Crippen molar-refractivity contribution in [3.8, 4) is 17.2 Å². The normalized spacial score (nSPS) is 11.0. The minimum Gasteiger partial charge on any atom is -0.497 e. The third-order valence-corrected chi connectivity index (χ3v) is 4.80. The Kier molecular flexibility index (Phi) is 6.03. The van der Waals surface area contributed by atoms with Gasteiger partial charge in [0.15, 0.2) is 4.90 Å². The topological polar surface area (TPSA) is 78.9 Å². The summed E-state index contributed by atoms with van der Waals surface area (Å²) in [5.74, 6) is 0.825. The van der Waals surface area contributed by atoms with E-state index in [-0.39, 0.29) is 22.2 Å². The number of ketones is 1. The van der Waals surface area contributed by atoms with Crippen LogP contribution in [0.25, 0.3) is 0 Å². The standard InChI is InChI=1S/C18H20O6S/c1-13(19)4-5-14-6-8-15(9-7-14)24-25(20,21)18-12-16(22-2)10-11-17(18)23-3/h6-12H,4-5H2,1-3H3. The average molecular weight is 364 g/mol. The van der Waals surface area contributed by atoms with Gasteiger partial charge in [0.05, 0.1) is 14.2 Å². The van der Waals surface area contributed by atoms with Crippen LogP contribution in [-0.4, -0.2) is 28.4 Å². The maximum atomic E-state index is 12.5.